The van der Waals surface area contributed by atoms with Crippen LogP contribution in [-0.2, 0) is 0 Å². The zero-order valence-electron chi connectivity index (χ0n) is 10.6. The molecule has 4 heteroatoms. The highest BCUT2D eigenvalue weighted by atomic mass is 32.1. The molecule has 96 valence electrons. The van der Waals surface area contributed by atoms with Gasteiger partial charge >= 0.3 is 0 Å². The first-order chi connectivity index (χ1) is 8.63. The van der Waals surface area contributed by atoms with Gasteiger partial charge in [-0.05, 0) is 31.4 Å². The first-order valence-corrected chi connectivity index (χ1v) is 6.75. The Kier molecular flexibility index (Phi) is 3.97. The average molecular weight is 262 g/mol. The second-order valence-electron chi connectivity index (χ2n) is 4.65. The number of hydrogen-bond donors (Lipinski definition) is 1. The Hall–Kier alpha value is -1.42. The number of carbonyl (C=O) groups excluding carboxylic acids is 1. The highest BCUT2D eigenvalue weighted by Crippen LogP contribution is 2.22. The lowest BCUT2D eigenvalue weighted by atomic mass is 10.1. The van der Waals surface area contributed by atoms with E-state index < -0.39 is 0 Å². The smallest absolute Gasteiger partial charge is 0.254 e. The third-order valence-electron chi connectivity index (χ3n) is 3.50. The predicted octanol–water partition coefficient (Wildman–Crippen LogP) is 2.34. The first kappa shape index (κ1) is 13.0. The molecule has 2 N–H and O–H groups in total. The molecule has 0 bridgehead atoms. The summed E-state index contributed by atoms with van der Waals surface area (Å²) >= 11 is 4.94. The highest BCUT2D eigenvalue weighted by molar-refractivity contribution is 7.80. The maximum Gasteiger partial charge on any atom is 0.254 e. The third-order valence-corrected chi connectivity index (χ3v) is 3.74. The lowest BCUT2D eigenvalue weighted by Gasteiger charge is -2.23. The summed E-state index contributed by atoms with van der Waals surface area (Å²) in [4.78, 5) is 14.7. The first-order valence-electron chi connectivity index (χ1n) is 6.34. The van der Waals surface area contributed by atoms with Gasteiger partial charge in [0.15, 0.2) is 0 Å². The minimum absolute atomic E-state index is 0.0949. The van der Waals surface area contributed by atoms with Crippen LogP contribution < -0.4 is 5.73 Å². The summed E-state index contributed by atoms with van der Waals surface area (Å²) in [5.41, 5.74) is 7.03. The van der Waals surface area contributed by atoms with E-state index in [1.165, 1.54) is 0 Å². The van der Waals surface area contributed by atoms with Crippen LogP contribution in [0.4, 0.5) is 0 Å². The third kappa shape index (κ3) is 2.53. The molecule has 0 radical (unpaired) electrons. The molecule has 0 aliphatic carbocycles. The van der Waals surface area contributed by atoms with E-state index >= 15 is 0 Å². The molecule has 1 fully saturated rings. The monoisotopic (exact) mass is 262 g/mol. The van der Waals surface area contributed by atoms with Crippen LogP contribution in [0.15, 0.2) is 24.3 Å². The zero-order valence-corrected chi connectivity index (χ0v) is 11.4. The van der Waals surface area contributed by atoms with Gasteiger partial charge in [-0.25, -0.2) is 0 Å². The molecule has 18 heavy (non-hydrogen) atoms. The quantitative estimate of drug-likeness (QED) is 0.850. The molecular weight excluding hydrogens is 244 g/mol. The number of benzene rings is 1. The van der Waals surface area contributed by atoms with E-state index in [1.54, 1.807) is 6.07 Å². The summed E-state index contributed by atoms with van der Waals surface area (Å²) in [7, 11) is 0. The van der Waals surface area contributed by atoms with Gasteiger partial charge in [0.2, 0.25) is 0 Å². The fourth-order valence-corrected chi connectivity index (χ4v) is 2.63. The minimum Gasteiger partial charge on any atom is -0.389 e. The number of hydrogen-bond acceptors (Lipinski definition) is 2. The Morgan fingerprint density at radius 2 is 2.22 bits per heavy atom. The molecule has 0 saturated carbocycles. The topological polar surface area (TPSA) is 46.3 Å². The number of carbonyl (C=O) groups is 1. The van der Waals surface area contributed by atoms with E-state index in [0.29, 0.717) is 16.6 Å². The van der Waals surface area contributed by atoms with Crippen molar-refractivity contribution in [1.29, 1.82) is 0 Å². The predicted molar refractivity (Wildman–Crippen MR) is 76.7 cm³/mol. The van der Waals surface area contributed by atoms with Crippen LogP contribution in [0.25, 0.3) is 0 Å². The van der Waals surface area contributed by atoms with Crippen LogP contribution >= 0.6 is 12.2 Å². The van der Waals surface area contributed by atoms with Gasteiger partial charge in [0.1, 0.15) is 4.99 Å². The number of amides is 1. The molecule has 1 amide bonds. The van der Waals surface area contributed by atoms with Crippen molar-refractivity contribution in [2.45, 2.75) is 32.2 Å². The van der Waals surface area contributed by atoms with Crippen molar-refractivity contribution in [3.8, 4) is 0 Å². The van der Waals surface area contributed by atoms with E-state index in [9.17, 15) is 4.79 Å². The molecule has 1 aromatic rings. The molecule has 1 saturated heterocycles. The number of likely N-dealkylation sites (tertiary alicyclic amines) is 1. The maximum atomic E-state index is 12.4. The maximum absolute atomic E-state index is 12.4. The fourth-order valence-electron chi connectivity index (χ4n) is 2.50. The van der Waals surface area contributed by atoms with Crippen molar-refractivity contribution in [2.24, 2.45) is 5.73 Å². The van der Waals surface area contributed by atoms with Crippen molar-refractivity contribution in [3.05, 3.63) is 35.4 Å². The van der Waals surface area contributed by atoms with Crippen LogP contribution in [-0.4, -0.2) is 28.4 Å². The average Bonchev–Trinajstić information content (AvgIpc) is 2.86. The van der Waals surface area contributed by atoms with Gasteiger partial charge in [0, 0.05) is 23.7 Å². The van der Waals surface area contributed by atoms with Gasteiger partial charge in [0.05, 0.1) is 0 Å². The van der Waals surface area contributed by atoms with Gasteiger partial charge < -0.3 is 10.6 Å². The number of nitrogens with two attached hydrogens (primary N) is 1. The highest BCUT2D eigenvalue weighted by Gasteiger charge is 2.27. The van der Waals surface area contributed by atoms with Gasteiger partial charge in [-0.3, -0.25) is 4.79 Å². The number of thiocarbonyl (C=S) groups is 1. The summed E-state index contributed by atoms with van der Waals surface area (Å²) in [5.74, 6) is 0.0949. The Morgan fingerprint density at radius 3 is 2.89 bits per heavy atom. The second-order valence-corrected chi connectivity index (χ2v) is 5.09. The van der Waals surface area contributed by atoms with Crippen LogP contribution in [0.2, 0.25) is 0 Å². The van der Waals surface area contributed by atoms with Crippen molar-refractivity contribution in [3.63, 3.8) is 0 Å². The SMILES string of the molecule is CCC1CCCN1C(=O)c1cccc(C(N)=S)c1. The summed E-state index contributed by atoms with van der Waals surface area (Å²) in [6.45, 7) is 2.98. The van der Waals surface area contributed by atoms with Crippen LogP contribution in [0.3, 0.4) is 0 Å². The second kappa shape index (κ2) is 5.48. The lowest BCUT2D eigenvalue weighted by Crippen LogP contribution is -2.35. The largest absolute Gasteiger partial charge is 0.389 e. The fraction of sp³-hybridized carbons (Fsp3) is 0.429. The van der Waals surface area contributed by atoms with Crippen LogP contribution in [0.5, 0.6) is 0 Å². The van der Waals surface area contributed by atoms with Crippen molar-refractivity contribution >= 4 is 23.1 Å². The molecule has 2 rings (SSSR count). The van der Waals surface area contributed by atoms with E-state index in [-0.39, 0.29) is 5.91 Å². The van der Waals surface area contributed by atoms with Crippen molar-refractivity contribution < 1.29 is 4.79 Å². The van der Waals surface area contributed by atoms with Crippen LogP contribution in [0.1, 0.15) is 42.1 Å². The van der Waals surface area contributed by atoms with E-state index in [4.69, 9.17) is 18.0 Å². The van der Waals surface area contributed by atoms with Gasteiger partial charge in [-0.15, -0.1) is 0 Å². The Balaban J connectivity index is 2.23. The van der Waals surface area contributed by atoms with Crippen LogP contribution in [0, 0.1) is 0 Å². The Labute approximate surface area is 113 Å². The molecule has 1 unspecified atom stereocenters. The zero-order chi connectivity index (χ0) is 13.1. The summed E-state index contributed by atoms with van der Waals surface area (Å²) < 4.78 is 0. The normalized spacial score (nSPS) is 18.9. The summed E-state index contributed by atoms with van der Waals surface area (Å²) in [5, 5.41) is 0. The Morgan fingerprint density at radius 1 is 1.50 bits per heavy atom. The van der Waals surface area contributed by atoms with Crippen molar-refractivity contribution in [2.75, 3.05) is 6.54 Å². The lowest BCUT2D eigenvalue weighted by molar-refractivity contribution is 0.0733. The summed E-state index contributed by atoms with van der Waals surface area (Å²) in [6.07, 6.45) is 3.22. The molecule has 3 nitrogen and oxygen atoms in total. The van der Waals surface area contributed by atoms with E-state index in [0.717, 1.165) is 31.4 Å². The molecule has 0 spiro atoms. The van der Waals surface area contributed by atoms with Gasteiger partial charge in [0.25, 0.3) is 5.91 Å². The molecule has 0 aromatic heterocycles. The summed E-state index contributed by atoms with van der Waals surface area (Å²) in [6, 6.07) is 7.66. The standard InChI is InChI=1S/C14H18N2OS/c1-2-12-7-4-8-16(12)14(17)11-6-3-5-10(9-11)13(15)18/h3,5-6,9,12H,2,4,7-8H2,1H3,(H2,15,18). The van der Waals surface area contributed by atoms with Gasteiger partial charge in [-0.1, -0.05) is 31.3 Å². The number of nitrogens with zero attached hydrogens (tertiary/aromatic N) is 1. The molecule has 1 heterocycles. The molecule has 1 atom stereocenters. The number of rotatable bonds is 3. The minimum atomic E-state index is 0.0949. The van der Waals surface area contributed by atoms with Crippen molar-refractivity contribution in [1.82, 2.24) is 4.90 Å². The van der Waals surface area contributed by atoms with E-state index in [2.05, 4.69) is 6.92 Å². The molecule has 1 aromatic carbocycles. The molecule has 1 aliphatic rings. The molecular formula is C14H18N2OS. The van der Waals surface area contributed by atoms with E-state index in [1.807, 2.05) is 23.1 Å². The Bertz CT molecular complexity index is 473. The molecule has 1 aliphatic heterocycles. The van der Waals surface area contributed by atoms with Gasteiger partial charge in [-0.2, -0.15) is 0 Å².